The molecular formula is C16H23NO3. The van der Waals surface area contributed by atoms with E-state index in [4.69, 9.17) is 19.9 Å². The number of hydrogen-bond donors (Lipinski definition) is 1. The number of benzene rings is 1. The van der Waals surface area contributed by atoms with E-state index in [1.54, 1.807) is 0 Å². The van der Waals surface area contributed by atoms with Gasteiger partial charge in [-0.25, -0.2) is 0 Å². The maximum atomic E-state index is 6.23. The Balaban J connectivity index is 1.57. The van der Waals surface area contributed by atoms with Crippen LogP contribution in [-0.4, -0.2) is 19.5 Å². The van der Waals surface area contributed by atoms with E-state index in [1.165, 1.54) is 19.3 Å². The predicted molar refractivity (Wildman–Crippen MR) is 76.9 cm³/mol. The molecule has 1 fully saturated rings. The Bertz CT molecular complexity index is 463. The summed E-state index contributed by atoms with van der Waals surface area (Å²) in [5.41, 5.74) is 7.27. The first kappa shape index (κ1) is 13.7. The van der Waals surface area contributed by atoms with E-state index >= 15 is 0 Å². The first-order chi connectivity index (χ1) is 9.74. The van der Waals surface area contributed by atoms with Gasteiger partial charge in [-0.2, -0.15) is 0 Å². The van der Waals surface area contributed by atoms with Crippen molar-refractivity contribution in [2.45, 2.75) is 44.8 Å². The van der Waals surface area contributed by atoms with Gasteiger partial charge in [0.2, 0.25) is 6.79 Å². The molecule has 20 heavy (non-hydrogen) atoms. The molecule has 1 aromatic rings. The molecule has 0 spiro atoms. The van der Waals surface area contributed by atoms with Crippen molar-refractivity contribution >= 4 is 0 Å². The minimum atomic E-state index is -0.112. The van der Waals surface area contributed by atoms with Gasteiger partial charge in [-0.3, -0.25) is 0 Å². The zero-order chi connectivity index (χ0) is 13.9. The summed E-state index contributed by atoms with van der Waals surface area (Å²) in [6, 6.07) is 5.76. The van der Waals surface area contributed by atoms with Crippen LogP contribution in [0.1, 0.15) is 44.2 Å². The van der Waals surface area contributed by atoms with Gasteiger partial charge in [0, 0.05) is 0 Å². The highest BCUT2D eigenvalue weighted by Gasteiger charge is 2.23. The van der Waals surface area contributed by atoms with Crippen LogP contribution in [0.5, 0.6) is 11.5 Å². The summed E-state index contributed by atoms with van der Waals surface area (Å²) < 4.78 is 16.7. The Kier molecular flexibility index (Phi) is 4.13. The molecule has 0 saturated heterocycles. The molecule has 0 amide bonds. The molecule has 3 atom stereocenters. The van der Waals surface area contributed by atoms with Crippen LogP contribution in [0.3, 0.4) is 0 Å². The monoisotopic (exact) mass is 277 g/mol. The molecule has 1 heterocycles. The normalized spacial score (nSPS) is 26.5. The van der Waals surface area contributed by atoms with E-state index in [-0.39, 0.29) is 6.04 Å². The molecule has 3 unspecified atom stereocenters. The van der Waals surface area contributed by atoms with Gasteiger partial charge >= 0.3 is 0 Å². The van der Waals surface area contributed by atoms with Gasteiger partial charge in [-0.05, 0) is 36.5 Å². The van der Waals surface area contributed by atoms with Crippen molar-refractivity contribution in [3.05, 3.63) is 23.8 Å². The second-order valence-electron chi connectivity index (χ2n) is 5.85. The third-order valence-corrected chi connectivity index (χ3v) is 4.35. The quantitative estimate of drug-likeness (QED) is 0.919. The zero-order valence-corrected chi connectivity index (χ0v) is 12.0. The van der Waals surface area contributed by atoms with Crippen LogP contribution in [0, 0.1) is 5.92 Å². The van der Waals surface area contributed by atoms with Crippen LogP contribution in [0.2, 0.25) is 0 Å². The van der Waals surface area contributed by atoms with Gasteiger partial charge < -0.3 is 19.9 Å². The molecule has 4 heteroatoms. The van der Waals surface area contributed by atoms with E-state index in [2.05, 4.69) is 6.92 Å². The minimum absolute atomic E-state index is 0.112. The van der Waals surface area contributed by atoms with E-state index in [0.717, 1.165) is 23.5 Å². The van der Waals surface area contributed by atoms with Gasteiger partial charge in [-0.15, -0.1) is 0 Å². The fraction of sp³-hybridized carbons (Fsp3) is 0.625. The fourth-order valence-electron chi connectivity index (χ4n) is 3.00. The minimum Gasteiger partial charge on any atom is -0.454 e. The highest BCUT2D eigenvalue weighted by atomic mass is 16.7. The number of nitrogens with two attached hydrogens (primary N) is 1. The third kappa shape index (κ3) is 2.91. The fourth-order valence-corrected chi connectivity index (χ4v) is 3.00. The summed E-state index contributed by atoms with van der Waals surface area (Å²) in [5, 5.41) is 0. The van der Waals surface area contributed by atoms with Crippen molar-refractivity contribution < 1.29 is 14.2 Å². The van der Waals surface area contributed by atoms with E-state index in [1.807, 2.05) is 18.2 Å². The van der Waals surface area contributed by atoms with Gasteiger partial charge in [0.1, 0.15) is 0 Å². The van der Waals surface area contributed by atoms with E-state index < -0.39 is 0 Å². The van der Waals surface area contributed by atoms with Crippen LogP contribution < -0.4 is 15.2 Å². The Morgan fingerprint density at radius 2 is 2.05 bits per heavy atom. The molecule has 1 saturated carbocycles. The lowest BCUT2D eigenvalue weighted by molar-refractivity contribution is -0.0113. The highest BCUT2D eigenvalue weighted by molar-refractivity contribution is 5.45. The topological polar surface area (TPSA) is 53.7 Å². The van der Waals surface area contributed by atoms with Crippen LogP contribution in [-0.2, 0) is 4.74 Å². The number of hydrogen-bond acceptors (Lipinski definition) is 4. The lowest BCUT2D eigenvalue weighted by Gasteiger charge is -2.29. The van der Waals surface area contributed by atoms with Gasteiger partial charge in [0.15, 0.2) is 11.5 Å². The Labute approximate surface area is 120 Å². The van der Waals surface area contributed by atoms with Gasteiger partial charge in [-0.1, -0.05) is 25.8 Å². The second kappa shape index (κ2) is 6.02. The van der Waals surface area contributed by atoms with Crippen molar-refractivity contribution in [2.24, 2.45) is 11.7 Å². The summed E-state index contributed by atoms with van der Waals surface area (Å²) in [6.07, 6.45) is 5.39. The summed E-state index contributed by atoms with van der Waals surface area (Å²) >= 11 is 0. The average molecular weight is 277 g/mol. The molecule has 0 bridgehead atoms. The number of fused-ring (bicyclic) bond motifs is 1. The van der Waals surface area contributed by atoms with Crippen molar-refractivity contribution in [1.82, 2.24) is 0 Å². The maximum absolute atomic E-state index is 6.23. The maximum Gasteiger partial charge on any atom is 0.231 e. The van der Waals surface area contributed by atoms with Gasteiger partial charge in [0.25, 0.3) is 0 Å². The molecule has 3 rings (SSSR count). The molecular weight excluding hydrogens is 254 g/mol. The lowest BCUT2D eigenvalue weighted by Crippen LogP contribution is -2.29. The first-order valence-electron chi connectivity index (χ1n) is 7.51. The van der Waals surface area contributed by atoms with E-state index in [9.17, 15) is 0 Å². The molecule has 4 nitrogen and oxygen atoms in total. The standard InChI is InChI=1S/C16H23NO3/c1-11-4-2-3-5-14(11)18-9-13(17)12-6-7-15-16(8-12)20-10-19-15/h6-8,11,13-14H,2-5,9-10,17H2,1H3. The Morgan fingerprint density at radius 1 is 1.25 bits per heavy atom. The third-order valence-electron chi connectivity index (χ3n) is 4.35. The van der Waals surface area contributed by atoms with Gasteiger partial charge in [0.05, 0.1) is 18.8 Å². The second-order valence-corrected chi connectivity index (χ2v) is 5.85. The molecule has 1 aliphatic heterocycles. The Morgan fingerprint density at radius 3 is 2.90 bits per heavy atom. The summed E-state index contributed by atoms with van der Waals surface area (Å²) in [5.74, 6) is 2.22. The lowest BCUT2D eigenvalue weighted by atomic mass is 9.88. The van der Waals surface area contributed by atoms with Crippen LogP contribution in [0.4, 0.5) is 0 Å². The van der Waals surface area contributed by atoms with Crippen molar-refractivity contribution in [2.75, 3.05) is 13.4 Å². The zero-order valence-electron chi connectivity index (χ0n) is 12.0. The molecule has 2 aliphatic rings. The largest absolute Gasteiger partial charge is 0.454 e. The average Bonchev–Trinajstić information content (AvgIpc) is 2.93. The summed E-state index contributed by atoms with van der Waals surface area (Å²) in [6.45, 7) is 3.13. The molecule has 110 valence electrons. The molecule has 2 N–H and O–H groups in total. The van der Waals surface area contributed by atoms with E-state index in [0.29, 0.717) is 25.4 Å². The van der Waals surface area contributed by atoms with Crippen molar-refractivity contribution in [3.8, 4) is 11.5 Å². The number of rotatable bonds is 4. The van der Waals surface area contributed by atoms with Crippen molar-refractivity contribution in [1.29, 1.82) is 0 Å². The van der Waals surface area contributed by atoms with Crippen molar-refractivity contribution in [3.63, 3.8) is 0 Å². The summed E-state index contributed by atoms with van der Waals surface area (Å²) in [4.78, 5) is 0. The summed E-state index contributed by atoms with van der Waals surface area (Å²) in [7, 11) is 0. The van der Waals surface area contributed by atoms with Crippen LogP contribution >= 0.6 is 0 Å². The predicted octanol–water partition coefficient (Wildman–Crippen LogP) is 3.01. The molecule has 0 aromatic heterocycles. The Hall–Kier alpha value is -1.26. The first-order valence-corrected chi connectivity index (χ1v) is 7.51. The molecule has 1 aliphatic carbocycles. The molecule has 0 radical (unpaired) electrons. The molecule has 1 aromatic carbocycles. The SMILES string of the molecule is CC1CCCCC1OCC(N)c1ccc2c(c1)OCO2. The highest BCUT2D eigenvalue weighted by Crippen LogP contribution is 2.34. The van der Waals surface area contributed by atoms with Crippen LogP contribution in [0.25, 0.3) is 0 Å². The smallest absolute Gasteiger partial charge is 0.231 e. The number of ether oxygens (including phenoxy) is 3. The van der Waals surface area contributed by atoms with Crippen LogP contribution in [0.15, 0.2) is 18.2 Å².